The Kier molecular flexibility index (Phi) is 18.1. The summed E-state index contributed by atoms with van der Waals surface area (Å²) < 4.78 is 5.10. The van der Waals surface area contributed by atoms with Gasteiger partial charge in [-0.2, -0.15) is 0 Å². The van der Waals surface area contributed by atoms with Crippen LogP contribution in [0.5, 0.6) is 0 Å². The van der Waals surface area contributed by atoms with E-state index >= 15 is 0 Å². The SMILES string of the molecule is O.O=C(O)CCCCCCCCC(=O)OCCCCC=CO. The molecule has 0 fully saturated rings. The molecule has 0 spiro atoms. The number of hydrogen-bond donors (Lipinski definition) is 2. The van der Waals surface area contributed by atoms with Crippen molar-refractivity contribution in [2.24, 2.45) is 0 Å². The summed E-state index contributed by atoms with van der Waals surface area (Å²) in [5, 5.41) is 16.9. The van der Waals surface area contributed by atoms with Gasteiger partial charge in [0.25, 0.3) is 0 Å². The van der Waals surface area contributed by atoms with E-state index in [1.165, 1.54) is 0 Å². The number of unbranched alkanes of at least 4 members (excludes halogenated alkanes) is 7. The van der Waals surface area contributed by atoms with Gasteiger partial charge in [0.05, 0.1) is 12.9 Å². The van der Waals surface area contributed by atoms with Crippen molar-refractivity contribution in [2.75, 3.05) is 6.61 Å². The topological polar surface area (TPSA) is 115 Å². The summed E-state index contributed by atoms with van der Waals surface area (Å²) in [7, 11) is 0. The molecule has 0 unspecified atom stereocenters. The van der Waals surface area contributed by atoms with Gasteiger partial charge < -0.3 is 20.4 Å². The quantitative estimate of drug-likeness (QED) is 0.290. The summed E-state index contributed by atoms with van der Waals surface area (Å²) in [4.78, 5) is 21.7. The monoisotopic (exact) mass is 318 g/mol. The first-order chi connectivity index (χ1) is 10.2. The van der Waals surface area contributed by atoms with Crippen LogP contribution < -0.4 is 0 Å². The molecule has 0 saturated heterocycles. The second kappa shape index (κ2) is 17.5. The van der Waals surface area contributed by atoms with Crippen LogP contribution in [0.15, 0.2) is 12.3 Å². The van der Waals surface area contributed by atoms with Gasteiger partial charge in [-0.05, 0) is 32.1 Å². The highest BCUT2D eigenvalue weighted by molar-refractivity contribution is 5.69. The standard InChI is InChI=1S/C16H28O5.H2O/c17-13-9-5-6-10-14-21-16(20)12-8-4-2-1-3-7-11-15(18)19;/h9,13,17H,1-8,10-12,14H2,(H,18,19);1H2. The van der Waals surface area contributed by atoms with Gasteiger partial charge in [0, 0.05) is 12.8 Å². The Bertz CT molecular complexity index is 301. The Morgan fingerprint density at radius 3 is 2.05 bits per heavy atom. The number of aliphatic hydroxyl groups excluding tert-OH is 1. The molecule has 0 aliphatic heterocycles. The van der Waals surface area contributed by atoms with Crippen molar-refractivity contribution in [3.63, 3.8) is 0 Å². The third kappa shape index (κ3) is 18.4. The Morgan fingerprint density at radius 1 is 0.864 bits per heavy atom. The number of allylic oxidation sites excluding steroid dienone is 1. The zero-order chi connectivity index (χ0) is 15.8. The third-order valence-corrected chi connectivity index (χ3v) is 3.16. The molecule has 6 nitrogen and oxygen atoms in total. The maximum atomic E-state index is 11.4. The van der Waals surface area contributed by atoms with Crippen LogP contribution >= 0.6 is 0 Å². The lowest BCUT2D eigenvalue weighted by Gasteiger charge is -2.04. The Morgan fingerprint density at radius 2 is 1.45 bits per heavy atom. The van der Waals surface area contributed by atoms with Gasteiger partial charge >= 0.3 is 11.9 Å². The van der Waals surface area contributed by atoms with Gasteiger partial charge in [0.2, 0.25) is 0 Å². The third-order valence-electron chi connectivity index (χ3n) is 3.16. The van der Waals surface area contributed by atoms with Crippen molar-refractivity contribution in [2.45, 2.75) is 70.6 Å². The molecule has 0 amide bonds. The molecule has 0 atom stereocenters. The zero-order valence-electron chi connectivity index (χ0n) is 13.3. The fourth-order valence-corrected chi connectivity index (χ4v) is 1.95. The maximum absolute atomic E-state index is 11.4. The normalized spacial score (nSPS) is 10.4. The fourth-order valence-electron chi connectivity index (χ4n) is 1.95. The number of rotatable bonds is 14. The first kappa shape index (κ1) is 22.7. The van der Waals surface area contributed by atoms with Crippen molar-refractivity contribution >= 4 is 11.9 Å². The summed E-state index contributed by atoms with van der Waals surface area (Å²) >= 11 is 0. The minimum atomic E-state index is -0.731. The number of carboxylic acids is 1. The van der Waals surface area contributed by atoms with Crippen molar-refractivity contribution in [3.05, 3.63) is 12.3 Å². The highest BCUT2D eigenvalue weighted by Gasteiger charge is 2.02. The smallest absolute Gasteiger partial charge is 0.305 e. The van der Waals surface area contributed by atoms with E-state index in [0.717, 1.165) is 64.0 Å². The second-order valence-electron chi connectivity index (χ2n) is 5.12. The first-order valence-electron chi connectivity index (χ1n) is 7.83. The largest absolute Gasteiger partial charge is 0.516 e. The highest BCUT2D eigenvalue weighted by Crippen LogP contribution is 2.09. The van der Waals surface area contributed by atoms with Crippen LogP contribution in [0.25, 0.3) is 0 Å². The van der Waals surface area contributed by atoms with Gasteiger partial charge in [-0.3, -0.25) is 9.59 Å². The molecule has 0 aliphatic rings. The number of aliphatic hydroxyl groups is 1. The van der Waals surface area contributed by atoms with Crippen molar-refractivity contribution < 1.29 is 30.0 Å². The average Bonchev–Trinajstić information content (AvgIpc) is 2.45. The van der Waals surface area contributed by atoms with Crippen LogP contribution in [-0.4, -0.2) is 34.2 Å². The van der Waals surface area contributed by atoms with Gasteiger partial charge in [0.1, 0.15) is 0 Å². The van der Waals surface area contributed by atoms with Crippen molar-refractivity contribution in [1.82, 2.24) is 0 Å². The van der Waals surface area contributed by atoms with Crippen LogP contribution in [0, 0.1) is 0 Å². The van der Waals surface area contributed by atoms with E-state index < -0.39 is 5.97 Å². The molecule has 0 saturated carbocycles. The molecule has 22 heavy (non-hydrogen) atoms. The number of carboxylic acid groups (broad SMARTS) is 1. The molecule has 4 N–H and O–H groups in total. The van der Waals surface area contributed by atoms with E-state index in [-0.39, 0.29) is 17.9 Å². The van der Waals surface area contributed by atoms with Crippen LogP contribution in [0.4, 0.5) is 0 Å². The second-order valence-corrected chi connectivity index (χ2v) is 5.12. The molecule has 0 aromatic rings. The number of esters is 1. The summed E-state index contributed by atoms with van der Waals surface area (Å²) in [5.74, 6) is -0.872. The Balaban J connectivity index is 0. The van der Waals surface area contributed by atoms with Crippen LogP contribution in [0.3, 0.4) is 0 Å². The van der Waals surface area contributed by atoms with E-state index in [1.54, 1.807) is 6.08 Å². The predicted octanol–water partition coefficient (Wildman–Crippen LogP) is 3.15. The number of aliphatic carboxylic acids is 1. The van der Waals surface area contributed by atoms with Crippen molar-refractivity contribution in [3.8, 4) is 0 Å². The molecule has 0 heterocycles. The Labute approximate surface area is 132 Å². The fraction of sp³-hybridized carbons (Fsp3) is 0.750. The molecule has 130 valence electrons. The number of ether oxygens (including phenoxy) is 1. The van der Waals surface area contributed by atoms with Crippen LogP contribution in [0.2, 0.25) is 0 Å². The molecular weight excluding hydrogens is 288 g/mol. The lowest BCUT2D eigenvalue weighted by atomic mass is 10.1. The zero-order valence-corrected chi connectivity index (χ0v) is 13.3. The van der Waals surface area contributed by atoms with E-state index in [4.69, 9.17) is 14.9 Å². The molecule has 6 heteroatoms. The molecule has 0 rings (SSSR count). The number of carbonyl (C=O) groups is 2. The number of carbonyl (C=O) groups excluding carboxylic acids is 1. The molecule has 0 aromatic heterocycles. The molecule has 0 radical (unpaired) electrons. The van der Waals surface area contributed by atoms with E-state index in [1.807, 2.05) is 0 Å². The lowest BCUT2D eigenvalue weighted by molar-refractivity contribution is -0.144. The molecule has 0 bridgehead atoms. The first-order valence-corrected chi connectivity index (χ1v) is 7.83. The maximum Gasteiger partial charge on any atom is 0.305 e. The summed E-state index contributed by atoms with van der Waals surface area (Å²) in [5.41, 5.74) is 0. The Hall–Kier alpha value is -1.56. The van der Waals surface area contributed by atoms with E-state index in [9.17, 15) is 9.59 Å². The number of hydrogen-bond acceptors (Lipinski definition) is 4. The summed E-state index contributed by atoms with van der Waals surface area (Å²) in [6, 6.07) is 0. The summed E-state index contributed by atoms with van der Waals surface area (Å²) in [6.07, 6.45) is 11.5. The van der Waals surface area contributed by atoms with Crippen LogP contribution in [-0.2, 0) is 14.3 Å². The molecular formula is C16H30O6. The van der Waals surface area contributed by atoms with Gasteiger partial charge in [-0.25, -0.2) is 0 Å². The van der Waals surface area contributed by atoms with E-state index in [2.05, 4.69) is 0 Å². The highest BCUT2D eigenvalue weighted by atomic mass is 16.5. The van der Waals surface area contributed by atoms with Gasteiger partial charge in [-0.15, -0.1) is 0 Å². The van der Waals surface area contributed by atoms with Gasteiger partial charge in [-0.1, -0.05) is 31.8 Å². The molecule has 0 aliphatic carbocycles. The molecule has 0 aromatic carbocycles. The van der Waals surface area contributed by atoms with Crippen molar-refractivity contribution in [1.29, 1.82) is 0 Å². The van der Waals surface area contributed by atoms with Crippen LogP contribution in [0.1, 0.15) is 70.6 Å². The lowest BCUT2D eigenvalue weighted by Crippen LogP contribution is -2.05. The minimum Gasteiger partial charge on any atom is -0.516 e. The van der Waals surface area contributed by atoms with Gasteiger partial charge in [0.15, 0.2) is 0 Å². The average molecular weight is 318 g/mol. The predicted molar refractivity (Wildman–Crippen MR) is 84.8 cm³/mol. The van der Waals surface area contributed by atoms with E-state index in [0.29, 0.717) is 13.0 Å². The summed E-state index contributed by atoms with van der Waals surface area (Å²) in [6.45, 7) is 0.452. The minimum absolute atomic E-state index is 0.